The van der Waals surface area contributed by atoms with Crippen molar-refractivity contribution in [2.45, 2.75) is 6.92 Å². The first-order valence-corrected chi connectivity index (χ1v) is 8.86. The van der Waals surface area contributed by atoms with E-state index in [9.17, 15) is 0 Å². The number of terminal acetylenes is 1. The molecule has 2 heterocycles. The molecule has 0 saturated carbocycles. The van der Waals surface area contributed by atoms with Gasteiger partial charge in [0.05, 0.1) is 15.1 Å². The van der Waals surface area contributed by atoms with E-state index in [-0.39, 0.29) is 0 Å². The van der Waals surface area contributed by atoms with Crippen molar-refractivity contribution in [3.63, 3.8) is 0 Å². The Morgan fingerprint density at radius 2 is 1.69 bits per heavy atom. The molecule has 4 nitrogen and oxygen atoms in total. The van der Waals surface area contributed by atoms with Crippen molar-refractivity contribution in [2.24, 2.45) is 0 Å². The number of aromatic nitrogens is 2. The number of aryl methyl sites for hydroxylation is 1. The van der Waals surface area contributed by atoms with Gasteiger partial charge in [-0.2, -0.15) is 0 Å². The van der Waals surface area contributed by atoms with E-state index in [4.69, 9.17) is 11.2 Å². The Bertz CT molecular complexity index is 1090. The van der Waals surface area contributed by atoms with Crippen LogP contribution in [-0.2, 0) is 0 Å². The molecule has 4 aromatic rings. The Hall–Kier alpha value is -3.36. The summed E-state index contributed by atoms with van der Waals surface area (Å²) in [7, 11) is 0. The summed E-state index contributed by atoms with van der Waals surface area (Å²) < 4.78 is 6.80. The van der Waals surface area contributed by atoms with E-state index in [1.807, 2.05) is 54.6 Å². The molecule has 0 radical (unpaired) electrons. The molecule has 0 amide bonds. The third-order valence-corrected chi connectivity index (χ3v) is 4.89. The highest BCUT2D eigenvalue weighted by molar-refractivity contribution is 7.20. The molecule has 5 heteroatoms. The molecule has 0 aliphatic carbocycles. The zero-order valence-corrected chi connectivity index (χ0v) is 14.9. The van der Waals surface area contributed by atoms with E-state index in [1.165, 1.54) is 23.2 Å². The van der Waals surface area contributed by atoms with Gasteiger partial charge >= 0.3 is 0 Å². The first-order chi connectivity index (χ1) is 12.7. The molecule has 0 unspecified atom stereocenters. The summed E-state index contributed by atoms with van der Waals surface area (Å²) in [6.07, 6.45) is 7.02. The van der Waals surface area contributed by atoms with Gasteiger partial charge in [-0.25, -0.2) is 9.97 Å². The second kappa shape index (κ2) is 6.87. The largest absolute Gasteiger partial charge is 0.457 e. The van der Waals surface area contributed by atoms with Crippen molar-refractivity contribution in [1.82, 2.24) is 9.97 Å². The summed E-state index contributed by atoms with van der Waals surface area (Å²) in [6.45, 7) is 2.05. The highest BCUT2D eigenvalue weighted by Crippen LogP contribution is 2.31. The average Bonchev–Trinajstić information content (AvgIpc) is 3.10. The molecular weight excluding hydrogens is 342 g/mol. The van der Waals surface area contributed by atoms with Crippen molar-refractivity contribution in [2.75, 3.05) is 5.32 Å². The molecule has 1 N–H and O–H groups in total. The lowest BCUT2D eigenvalue weighted by atomic mass is 10.2. The zero-order valence-electron chi connectivity index (χ0n) is 14.1. The van der Waals surface area contributed by atoms with Crippen molar-refractivity contribution in [1.29, 1.82) is 0 Å². The molecule has 0 bridgehead atoms. The summed E-state index contributed by atoms with van der Waals surface area (Å²) in [5.74, 6) is 4.98. The van der Waals surface area contributed by atoms with Gasteiger partial charge in [0.15, 0.2) is 5.82 Å². The van der Waals surface area contributed by atoms with Gasteiger partial charge in [0.2, 0.25) is 0 Å². The number of hydrogen-bond acceptors (Lipinski definition) is 5. The van der Waals surface area contributed by atoms with Crippen LogP contribution in [0.15, 0.2) is 60.9 Å². The number of ether oxygens (including phenoxy) is 1. The van der Waals surface area contributed by atoms with Gasteiger partial charge in [-0.1, -0.05) is 23.6 Å². The van der Waals surface area contributed by atoms with Gasteiger partial charge in [0, 0.05) is 5.69 Å². The molecule has 0 saturated heterocycles. The smallest absolute Gasteiger partial charge is 0.151 e. The first kappa shape index (κ1) is 16.1. The van der Waals surface area contributed by atoms with Crippen molar-refractivity contribution < 1.29 is 4.74 Å². The quantitative estimate of drug-likeness (QED) is 0.489. The van der Waals surface area contributed by atoms with Gasteiger partial charge in [-0.15, -0.1) is 17.8 Å². The molecule has 26 heavy (non-hydrogen) atoms. The molecule has 4 rings (SSSR count). The number of nitrogens with one attached hydrogen (secondary N) is 1. The highest BCUT2D eigenvalue weighted by atomic mass is 32.1. The van der Waals surface area contributed by atoms with Crippen LogP contribution in [0.25, 0.3) is 10.2 Å². The van der Waals surface area contributed by atoms with Crippen molar-refractivity contribution in [3.05, 3.63) is 71.4 Å². The molecule has 0 spiro atoms. The zero-order chi connectivity index (χ0) is 17.9. The maximum atomic E-state index is 5.85. The van der Waals surface area contributed by atoms with Crippen LogP contribution in [0, 0.1) is 19.3 Å². The standard InChI is InChI=1S/C21H15N3OS/c1-3-18-12-19-20(26-18)21(23-13-22-19)24-15-6-10-17(11-7-15)25-16-8-4-14(2)5-9-16/h1,4-13H,2H3,(H,22,23,24). The topological polar surface area (TPSA) is 47.0 Å². The fourth-order valence-electron chi connectivity index (χ4n) is 2.50. The Balaban J connectivity index is 1.53. The second-order valence-electron chi connectivity index (χ2n) is 5.76. The van der Waals surface area contributed by atoms with Crippen LogP contribution in [-0.4, -0.2) is 9.97 Å². The van der Waals surface area contributed by atoms with E-state index < -0.39 is 0 Å². The number of nitrogens with zero attached hydrogens (tertiary/aromatic N) is 2. The van der Waals surface area contributed by atoms with Crippen LogP contribution >= 0.6 is 11.3 Å². The maximum absolute atomic E-state index is 5.85. The molecule has 2 aromatic heterocycles. The molecule has 0 fully saturated rings. The van der Waals surface area contributed by atoms with E-state index >= 15 is 0 Å². The summed E-state index contributed by atoms with van der Waals surface area (Å²) >= 11 is 1.50. The van der Waals surface area contributed by atoms with Gasteiger partial charge in [0.1, 0.15) is 17.8 Å². The summed E-state index contributed by atoms with van der Waals surface area (Å²) in [5, 5.41) is 3.32. The van der Waals surface area contributed by atoms with E-state index in [0.717, 1.165) is 38.1 Å². The fraction of sp³-hybridized carbons (Fsp3) is 0.0476. The minimum absolute atomic E-state index is 0.744. The number of fused-ring (bicyclic) bond motifs is 1. The van der Waals surface area contributed by atoms with E-state index in [2.05, 4.69) is 28.1 Å². The van der Waals surface area contributed by atoms with Crippen LogP contribution in [0.1, 0.15) is 10.4 Å². The van der Waals surface area contributed by atoms with Gasteiger partial charge < -0.3 is 10.1 Å². The number of rotatable bonds is 4. The number of anilines is 2. The average molecular weight is 357 g/mol. The molecular formula is C21H15N3OS. The lowest BCUT2D eigenvalue weighted by Crippen LogP contribution is -1.94. The first-order valence-electron chi connectivity index (χ1n) is 8.04. The molecule has 0 aliphatic rings. The third-order valence-electron chi connectivity index (χ3n) is 3.83. The van der Waals surface area contributed by atoms with E-state index in [0.29, 0.717) is 0 Å². The fourth-order valence-corrected chi connectivity index (χ4v) is 3.37. The van der Waals surface area contributed by atoms with E-state index in [1.54, 1.807) is 0 Å². The number of benzene rings is 2. The predicted molar refractivity (Wildman–Crippen MR) is 106 cm³/mol. The lowest BCUT2D eigenvalue weighted by Gasteiger charge is -2.09. The molecule has 126 valence electrons. The van der Waals surface area contributed by atoms with Crippen molar-refractivity contribution in [3.8, 4) is 23.8 Å². The minimum Gasteiger partial charge on any atom is -0.457 e. The highest BCUT2D eigenvalue weighted by Gasteiger charge is 2.08. The SMILES string of the molecule is C#Cc1cc2ncnc(Nc3ccc(Oc4ccc(C)cc4)cc3)c2s1. The van der Waals surface area contributed by atoms with Gasteiger partial charge in [0.25, 0.3) is 0 Å². The monoisotopic (exact) mass is 357 g/mol. The maximum Gasteiger partial charge on any atom is 0.151 e. The predicted octanol–water partition coefficient (Wildman–Crippen LogP) is 5.52. The Morgan fingerprint density at radius 3 is 2.38 bits per heavy atom. The Morgan fingerprint density at radius 1 is 1.00 bits per heavy atom. The van der Waals surface area contributed by atoms with Crippen LogP contribution in [0.3, 0.4) is 0 Å². The summed E-state index contributed by atoms with van der Waals surface area (Å²) in [6, 6.07) is 17.6. The lowest BCUT2D eigenvalue weighted by molar-refractivity contribution is 0.482. The molecule has 0 atom stereocenters. The number of hydrogen-bond donors (Lipinski definition) is 1. The summed E-state index contributed by atoms with van der Waals surface area (Å²) in [5.41, 5.74) is 2.96. The molecule has 2 aromatic carbocycles. The third kappa shape index (κ3) is 3.37. The second-order valence-corrected chi connectivity index (χ2v) is 6.81. The van der Waals surface area contributed by atoms with Crippen LogP contribution in [0.5, 0.6) is 11.5 Å². The van der Waals surface area contributed by atoms with Crippen LogP contribution in [0.4, 0.5) is 11.5 Å². The van der Waals surface area contributed by atoms with Crippen LogP contribution < -0.4 is 10.1 Å². The van der Waals surface area contributed by atoms with Crippen LogP contribution in [0.2, 0.25) is 0 Å². The van der Waals surface area contributed by atoms with Gasteiger partial charge in [-0.3, -0.25) is 0 Å². The molecule has 0 aliphatic heterocycles. The van der Waals surface area contributed by atoms with Gasteiger partial charge in [-0.05, 0) is 49.4 Å². The minimum atomic E-state index is 0.744. The Kier molecular flexibility index (Phi) is 4.26. The summed E-state index contributed by atoms with van der Waals surface area (Å²) in [4.78, 5) is 9.44. The normalized spacial score (nSPS) is 10.5. The van der Waals surface area contributed by atoms with Crippen molar-refractivity contribution >= 4 is 33.1 Å². The number of thiophene rings is 1. The Labute approximate surface area is 155 Å².